The SMILES string of the molecule is O=C(c1cn(C2CCC23CCN(C(=O)C2CC2)CC3)nn1)N1CCOCC1. The summed E-state index contributed by atoms with van der Waals surface area (Å²) in [4.78, 5) is 28.8. The molecule has 2 saturated carbocycles. The first kappa shape index (κ1) is 17.2. The summed E-state index contributed by atoms with van der Waals surface area (Å²) < 4.78 is 7.22. The molecule has 8 heteroatoms. The molecule has 1 spiro atoms. The zero-order chi connectivity index (χ0) is 18.4. The molecule has 146 valence electrons. The molecule has 2 amide bonds. The zero-order valence-corrected chi connectivity index (χ0v) is 15.7. The monoisotopic (exact) mass is 373 g/mol. The summed E-state index contributed by atoms with van der Waals surface area (Å²) in [5, 5.41) is 8.47. The molecule has 2 aliphatic heterocycles. The van der Waals surface area contributed by atoms with E-state index in [1.807, 2.05) is 10.9 Å². The van der Waals surface area contributed by atoms with Crippen LogP contribution in [0.4, 0.5) is 0 Å². The minimum absolute atomic E-state index is 0.0530. The lowest BCUT2D eigenvalue weighted by Gasteiger charge is -2.53. The summed E-state index contributed by atoms with van der Waals surface area (Å²) >= 11 is 0. The molecule has 4 aliphatic rings. The number of hydrogen-bond donors (Lipinski definition) is 0. The topological polar surface area (TPSA) is 80.6 Å². The van der Waals surface area contributed by atoms with Crippen molar-refractivity contribution in [2.24, 2.45) is 11.3 Å². The second-order valence-corrected chi connectivity index (χ2v) is 8.50. The van der Waals surface area contributed by atoms with Crippen molar-refractivity contribution in [1.82, 2.24) is 24.8 Å². The van der Waals surface area contributed by atoms with Gasteiger partial charge in [-0.1, -0.05) is 5.21 Å². The summed E-state index contributed by atoms with van der Waals surface area (Å²) in [6, 6.07) is 0.300. The average molecular weight is 373 g/mol. The lowest BCUT2D eigenvalue weighted by Crippen LogP contribution is -2.51. The van der Waals surface area contributed by atoms with Gasteiger partial charge in [-0.2, -0.15) is 0 Å². The van der Waals surface area contributed by atoms with E-state index < -0.39 is 0 Å². The van der Waals surface area contributed by atoms with Crippen LogP contribution in [0, 0.1) is 11.3 Å². The van der Waals surface area contributed by atoms with Gasteiger partial charge in [-0.3, -0.25) is 9.59 Å². The summed E-state index contributed by atoms with van der Waals surface area (Å²) in [5.74, 6) is 0.614. The largest absolute Gasteiger partial charge is 0.378 e. The molecule has 0 N–H and O–H groups in total. The van der Waals surface area contributed by atoms with E-state index in [0.29, 0.717) is 49.9 Å². The number of piperidine rings is 1. The molecule has 3 heterocycles. The van der Waals surface area contributed by atoms with Crippen LogP contribution in [0.1, 0.15) is 55.1 Å². The maximum absolute atomic E-state index is 12.6. The van der Waals surface area contributed by atoms with Crippen LogP contribution in [0.15, 0.2) is 6.20 Å². The highest BCUT2D eigenvalue weighted by atomic mass is 16.5. The Hall–Kier alpha value is -1.96. The molecule has 1 atom stereocenters. The predicted molar refractivity (Wildman–Crippen MR) is 96.0 cm³/mol. The van der Waals surface area contributed by atoms with Crippen LogP contribution in [0.25, 0.3) is 0 Å². The van der Waals surface area contributed by atoms with E-state index in [1.54, 1.807) is 4.90 Å². The van der Waals surface area contributed by atoms with Crippen LogP contribution in [0.3, 0.4) is 0 Å². The number of ether oxygens (including phenoxy) is 1. The molecule has 27 heavy (non-hydrogen) atoms. The first-order chi connectivity index (χ1) is 13.2. The van der Waals surface area contributed by atoms with Gasteiger partial charge in [-0.05, 0) is 43.9 Å². The minimum Gasteiger partial charge on any atom is -0.378 e. The lowest BCUT2D eigenvalue weighted by molar-refractivity contribution is -0.137. The average Bonchev–Trinajstić information content (AvgIpc) is 3.45. The second kappa shape index (κ2) is 6.58. The zero-order valence-electron chi connectivity index (χ0n) is 15.7. The van der Waals surface area contributed by atoms with Gasteiger partial charge >= 0.3 is 0 Å². The smallest absolute Gasteiger partial charge is 0.276 e. The number of morpholine rings is 1. The van der Waals surface area contributed by atoms with Crippen LogP contribution >= 0.6 is 0 Å². The molecule has 0 radical (unpaired) electrons. The Labute approximate surface area is 158 Å². The van der Waals surface area contributed by atoms with E-state index in [9.17, 15) is 9.59 Å². The summed E-state index contributed by atoms with van der Waals surface area (Å²) in [7, 11) is 0. The fourth-order valence-electron chi connectivity index (χ4n) is 4.89. The van der Waals surface area contributed by atoms with E-state index in [1.165, 1.54) is 6.42 Å². The number of carbonyl (C=O) groups excluding carboxylic acids is 2. The number of hydrogen-bond acceptors (Lipinski definition) is 5. The molecular formula is C19H27N5O3. The Bertz CT molecular complexity index is 729. The first-order valence-corrected chi connectivity index (χ1v) is 10.2. The quantitative estimate of drug-likeness (QED) is 0.793. The van der Waals surface area contributed by atoms with Crippen molar-refractivity contribution in [3.05, 3.63) is 11.9 Å². The highest BCUT2D eigenvalue weighted by Crippen LogP contribution is 2.56. The number of carbonyl (C=O) groups is 2. The number of likely N-dealkylation sites (tertiary alicyclic amines) is 1. The van der Waals surface area contributed by atoms with Gasteiger partial charge in [0.2, 0.25) is 5.91 Å². The number of amides is 2. The van der Waals surface area contributed by atoms with Gasteiger partial charge in [-0.15, -0.1) is 5.10 Å². The lowest BCUT2D eigenvalue weighted by atomic mass is 9.59. The molecule has 2 aliphatic carbocycles. The van der Waals surface area contributed by atoms with Gasteiger partial charge in [0.05, 0.1) is 25.5 Å². The Morgan fingerprint density at radius 2 is 1.74 bits per heavy atom. The van der Waals surface area contributed by atoms with E-state index in [4.69, 9.17) is 4.74 Å². The first-order valence-electron chi connectivity index (χ1n) is 10.2. The standard InChI is InChI=1S/C19H27N5O3/c25-17(14-1-2-14)22-7-5-19(6-8-22)4-3-16(19)24-13-15(20-21-24)18(26)23-9-11-27-12-10-23/h13-14,16H,1-12H2. The van der Waals surface area contributed by atoms with Crippen molar-refractivity contribution < 1.29 is 14.3 Å². The fourth-order valence-corrected chi connectivity index (χ4v) is 4.89. The Kier molecular flexibility index (Phi) is 4.18. The Morgan fingerprint density at radius 1 is 1.00 bits per heavy atom. The number of rotatable bonds is 3. The molecular weight excluding hydrogens is 346 g/mol. The van der Waals surface area contributed by atoms with Crippen molar-refractivity contribution in [1.29, 1.82) is 0 Å². The van der Waals surface area contributed by atoms with Crippen LogP contribution in [0.5, 0.6) is 0 Å². The second-order valence-electron chi connectivity index (χ2n) is 8.50. The minimum atomic E-state index is -0.0530. The van der Waals surface area contributed by atoms with Gasteiger partial charge in [0.15, 0.2) is 5.69 Å². The van der Waals surface area contributed by atoms with Gasteiger partial charge in [0.1, 0.15) is 0 Å². The fraction of sp³-hybridized carbons (Fsp3) is 0.789. The van der Waals surface area contributed by atoms with Gasteiger partial charge in [0, 0.05) is 32.1 Å². The Morgan fingerprint density at radius 3 is 2.37 bits per heavy atom. The molecule has 1 aromatic rings. The number of aromatic nitrogens is 3. The van der Waals surface area contributed by atoms with Crippen molar-refractivity contribution in [3.63, 3.8) is 0 Å². The highest BCUT2D eigenvalue weighted by Gasteiger charge is 2.51. The normalized spacial score (nSPS) is 27.5. The van der Waals surface area contributed by atoms with Crippen LogP contribution in [-0.4, -0.2) is 76.0 Å². The van der Waals surface area contributed by atoms with Crippen molar-refractivity contribution in [2.75, 3.05) is 39.4 Å². The van der Waals surface area contributed by atoms with Gasteiger partial charge in [-0.25, -0.2) is 4.68 Å². The summed E-state index contributed by atoms with van der Waals surface area (Å²) in [6.45, 7) is 4.12. The third-order valence-electron chi connectivity index (χ3n) is 6.97. The third-order valence-corrected chi connectivity index (χ3v) is 6.97. The predicted octanol–water partition coefficient (Wildman–Crippen LogP) is 1.10. The molecule has 0 aromatic carbocycles. The van der Waals surface area contributed by atoms with Crippen LogP contribution in [-0.2, 0) is 9.53 Å². The Balaban J connectivity index is 1.24. The van der Waals surface area contributed by atoms with E-state index in [-0.39, 0.29) is 11.3 Å². The maximum Gasteiger partial charge on any atom is 0.276 e. The van der Waals surface area contributed by atoms with Crippen molar-refractivity contribution >= 4 is 11.8 Å². The third kappa shape index (κ3) is 3.03. The van der Waals surface area contributed by atoms with Crippen LogP contribution in [0.2, 0.25) is 0 Å². The van der Waals surface area contributed by atoms with Gasteiger partial charge < -0.3 is 14.5 Å². The summed E-state index contributed by atoms with van der Waals surface area (Å²) in [6.07, 6.45) is 8.28. The molecule has 5 rings (SSSR count). The van der Waals surface area contributed by atoms with E-state index in [2.05, 4.69) is 15.2 Å². The molecule has 4 fully saturated rings. The van der Waals surface area contributed by atoms with Crippen LogP contribution < -0.4 is 0 Å². The van der Waals surface area contributed by atoms with E-state index >= 15 is 0 Å². The van der Waals surface area contributed by atoms with Gasteiger partial charge in [0.25, 0.3) is 5.91 Å². The molecule has 2 saturated heterocycles. The summed E-state index contributed by atoms with van der Waals surface area (Å²) in [5.41, 5.74) is 0.646. The number of nitrogens with zero attached hydrogens (tertiary/aromatic N) is 5. The van der Waals surface area contributed by atoms with Crippen molar-refractivity contribution in [2.45, 2.75) is 44.6 Å². The molecule has 1 unspecified atom stereocenters. The molecule has 8 nitrogen and oxygen atoms in total. The highest BCUT2D eigenvalue weighted by molar-refractivity contribution is 5.92. The molecule has 0 bridgehead atoms. The van der Waals surface area contributed by atoms with E-state index in [0.717, 1.165) is 45.2 Å². The molecule has 1 aromatic heterocycles. The maximum atomic E-state index is 12.6. The van der Waals surface area contributed by atoms with Crippen molar-refractivity contribution in [3.8, 4) is 0 Å².